The number of thioether (sulfide) groups is 1. The Balaban J connectivity index is 1.84. The lowest BCUT2D eigenvalue weighted by molar-refractivity contribution is -0.124. The first-order valence-electron chi connectivity index (χ1n) is 7.62. The molecule has 0 radical (unpaired) electrons. The van der Waals surface area contributed by atoms with Crippen LogP contribution in [0.3, 0.4) is 0 Å². The van der Waals surface area contributed by atoms with Gasteiger partial charge in [-0.1, -0.05) is 35.0 Å². The summed E-state index contributed by atoms with van der Waals surface area (Å²) in [6, 6.07) is 11.3. The van der Waals surface area contributed by atoms with Crippen LogP contribution >= 0.6 is 27.7 Å². The van der Waals surface area contributed by atoms with Crippen LogP contribution in [-0.2, 0) is 4.79 Å². The van der Waals surface area contributed by atoms with Crippen LogP contribution in [-0.4, -0.2) is 22.1 Å². The van der Waals surface area contributed by atoms with Gasteiger partial charge in [-0.3, -0.25) is 14.5 Å². The molecule has 3 rings (SSSR count). The van der Waals surface area contributed by atoms with Crippen molar-refractivity contribution in [3.63, 3.8) is 0 Å². The van der Waals surface area contributed by atoms with E-state index in [1.807, 2.05) is 44.2 Å². The van der Waals surface area contributed by atoms with E-state index in [1.54, 1.807) is 12.1 Å². The van der Waals surface area contributed by atoms with E-state index in [0.717, 1.165) is 34.0 Å². The third kappa shape index (κ3) is 3.35. The highest BCUT2D eigenvalue weighted by Crippen LogP contribution is 2.35. The van der Waals surface area contributed by atoms with Gasteiger partial charge in [-0.2, -0.15) is 0 Å². The molecule has 0 spiro atoms. The van der Waals surface area contributed by atoms with E-state index >= 15 is 0 Å². The van der Waals surface area contributed by atoms with E-state index in [4.69, 9.17) is 4.42 Å². The van der Waals surface area contributed by atoms with Crippen LogP contribution < -0.4 is 0 Å². The van der Waals surface area contributed by atoms with Crippen LogP contribution in [0.4, 0.5) is 4.79 Å². The normalized spacial score (nSPS) is 17.8. The van der Waals surface area contributed by atoms with E-state index in [9.17, 15) is 9.59 Å². The van der Waals surface area contributed by atoms with Crippen LogP contribution in [0.15, 0.2) is 50.2 Å². The molecule has 1 aliphatic heterocycles. The zero-order valence-corrected chi connectivity index (χ0v) is 15.7. The number of hydrogen-bond donors (Lipinski definition) is 0. The number of furan rings is 1. The molecular formula is C18H16BrNO3S. The molecule has 0 unspecified atom stereocenters. The largest absolute Gasteiger partial charge is 0.457 e. The van der Waals surface area contributed by atoms with Crippen molar-refractivity contribution in [3.8, 4) is 11.3 Å². The van der Waals surface area contributed by atoms with Crippen molar-refractivity contribution in [1.82, 2.24) is 4.90 Å². The Labute approximate surface area is 153 Å². The van der Waals surface area contributed by atoms with Gasteiger partial charge in [0.05, 0.1) is 4.91 Å². The van der Waals surface area contributed by atoms with Crippen molar-refractivity contribution in [1.29, 1.82) is 0 Å². The maximum absolute atomic E-state index is 12.4. The summed E-state index contributed by atoms with van der Waals surface area (Å²) in [5, 5.41) is -0.222. The molecular weight excluding hydrogens is 390 g/mol. The van der Waals surface area contributed by atoms with E-state index in [1.165, 1.54) is 4.90 Å². The molecule has 1 atom stereocenters. The monoisotopic (exact) mass is 405 g/mol. The molecule has 0 bridgehead atoms. The number of imide groups is 1. The van der Waals surface area contributed by atoms with Gasteiger partial charge in [0.2, 0.25) is 0 Å². The smallest absolute Gasteiger partial charge is 0.293 e. The summed E-state index contributed by atoms with van der Waals surface area (Å²) in [6.45, 7) is 3.83. The molecule has 2 heterocycles. The highest BCUT2D eigenvalue weighted by molar-refractivity contribution is 9.10. The standard InChI is InChI=1S/C18H16BrNO3S/c1-3-11(2)20-17(21)16(24-18(20)22)10-14-8-9-15(23-14)12-4-6-13(19)7-5-12/h4-11H,3H2,1-2H3/b16-10-/t11-/m0/s1. The van der Waals surface area contributed by atoms with Crippen molar-refractivity contribution in [2.75, 3.05) is 0 Å². The number of nitrogens with zero attached hydrogens (tertiary/aromatic N) is 1. The Hall–Kier alpha value is -1.79. The molecule has 1 fully saturated rings. The van der Waals surface area contributed by atoms with Gasteiger partial charge in [-0.25, -0.2) is 0 Å². The Bertz CT molecular complexity index is 810. The number of carbonyl (C=O) groups excluding carboxylic acids is 2. The molecule has 6 heteroatoms. The second-order valence-corrected chi connectivity index (χ2v) is 7.43. The molecule has 1 saturated heterocycles. The average molecular weight is 406 g/mol. The maximum atomic E-state index is 12.4. The second kappa shape index (κ2) is 6.99. The summed E-state index contributed by atoms with van der Waals surface area (Å²) < 4.78 is 6.79. The molecule has 1 aliphatic rings. The molecule has 4 nitrogen and oxygen atoms in total. The predicted molar refractivity (Wildman–Crippen MR) is 99.4 cm³/mol. The summed E-state index contributed by atoms with van der Waals surface area (Å²) in [7, 11) is 0. The zero-order chi connectivity index (χ0) is 17.3. The third-order valence-electron chi connectivity index (χ3n) is 3.88. The minimum absolute atomic E-state index is 0.0988. The van der Waals surface area contributed by atoms with E-state index in [2.05, 4.69) is 15.9 Å². The number of rotatable bonds is 4. The lowest BCUT2D eigenvalue weighted by Gasteiger charge is -2.19. The van der Waals surface area contributed by atoms with Crippen LogP contribution in [0.5, 0.6) is 0 Å². The van der Waals surface area contributed by atoms with Gasteiger partial charge in [0.1, 0.15) is 11.5 Å². The van der Waals surface area contributed by atoms with E-state index < -0.39 is 0 Å². The fourth-order valence-electron chi connectivity index (χ4n) is 2.37. The minimum Gasteiger partial charge on any atom is -0.457 e. The first kappa shape index (κ1) is 17.0. The van der Waals surface area contributed by atoms with Gasteiger partial charge in [-0.05, 0) is 49.4 Å². The lowest BCUT2D eigenvalue weighted by atomic mass is 10.2. The second-order valence-electron chi connectivity index (χ2n) is 5.52. The number of amides is 2. The van der Waals surface area contributed by atoms with Crippen molar-refractivity contribution >= 4 is 44.9 Å². The first-order valence-corrected chi connectivity index (χ1v) is 9.23. The van der Waals surface area contributed by atoms with Gasteiger partial charge < -0.3 is 4.42 Å². The molecule has 2 aromatic rings. The minimum atomic E-state index is -0.249. The third-order valence-corrected chi connectivity index (χ3v) is 5.30. The quantitative estimate of drug-likeness (QED) is 0.626. The molecule has 2 amide bonds. The van der Waals surface area contributed by atoms with Gasteiger partial charge in [-0.15, -0.1) is 0 Å². The predicted octanol–water partition coefficient (Wildman–Crippen LogP) is 5.54. The molecule has 24 heavy (non-hydrogen) atoms. The summed E-state index contributed by atoms with van der Waals surface area (Å²) >= 11 is 4.36. The number of benzene rings is 1. The van der Waals surface area contributed by atoms with Crippen LogP contribution in [0.25, 0.3) is 17.4 Å². The number of halogens is 1. The van der Waals surface area contributed by atoms with Crippen LogP contribution in [0.1, 0.15) is 26.0 Å². The molecule has 1 aromatic carbocycles. The fraction of sp³-hybridized carbons (Fsp3) is 0.222. The van der Waals surface area contributed by atoms with Crippen LogP contribution in [0, 0.1) is 0 Å². The SMILES string of the molecule is CC[C@H](C)N1C(=O)S/C(=C\c2ccc(-c3ccc(Br)cc3)o2)C1=O. The first-order chi connectivity index (χ1) is 11.5. The highest BCUT2D eigenvalue weighted by atomic mass is 79.9. The highest BCUT2D eigenvalue weighted by Gasteiger charge is 2.37. The summed E-state index contributed by atoms with van der Waals surface area (Å²) in [5.41, 5.74) is 0.950. The summed E-state index contributed by atoms with van der Waals surface area (Å²) in [6.07, 6.45) is 2.37. The van der Waals surface area contributed by atoms with Gasteiger partial charge in [0, 0.05) is 22.2 Å². The fourth-order valence-corrected chi connectivity index (χ4v) is 3.55. The molecule has 0 aliphatic carbocycles. The summed E-state index contributed by atoms with van der Waals surface area (Å²) in [4.78, 5) is 26.2. The van der Waals surface area contributed by atoms with Crippen molar-refractivity contribution in [3.05, 3.63) is 51.5 Å². The number of carbonyl (C=O) groups is 2. The Morgan fingerprint density at radius 1 is 1.21 bits per heavy atom. The molecule has 1 aromatic heterocycles. The zero-order valence-electron chi connectivity index (χ0n) is 13.3. The molecule has 0 N–H and O–H groups in total. The Morgan fingerprint density at radius 2 is 1.92 bits per heavy atom. The number of hydrogen-bond acceptors (Lipinski definition) is 4. The van der Waals surface area contributed by atoms with Crippen molar-refractivity contribution in [2.24, 2.45) is 0 Å². The lowest BCUT2D eigenvalue weighted by Crippen LogP contribution is -2.36. The van der Waals surface area contributed by atoms with Crippen molar-refractivity contribution in [2.45, 2.75) is 26.3 Å². The van der Waals surface area contributed by atoms with E-state index in [-0.39, 0.29) is 17.2 Å². The van der Waals surface area contributed by atoms with E-state index in [0.29, 0.717) is 10.7 Å². The maximum Gasteiger partial charge on any atom is 0.293 e. The van der Waals surface area contributed by atoms with Crippen LogP contribution in [0.2, 0.25) is 0 Å². The Morgan fingerprint density at radius 3 is 2.58 bits per heavy atom. The van der Waals surface area contributed by atoms with Gasteiger partial charge in [0.25, 0.3) is 11.1 Å². The molecule has 0 saturated carbocycles. The Kier molecular flexibility index (Phi) is 4.96. The van der Waals surface area contributed by atoms with Gasteiger partial charge >= 0.3 is 0 Å². The average Bonchev–Trinajstić information content (AvgIpc) is 3.13. The summed E-state index contributed by atoms with van der Waals surface area (Å²) in [5.74, 6) is 1.03. The molecule has 124 valence electrons. The topological polar surface area (TPSA) is 50.5 Å². The van der Waals surface area contributed by atoms with Crippen molar-refractivity contribution < 1.29 is 14.0 Å². The van der Waals surface area contributed by atoms with Gasteiger partial charge in [0.15, 0.2) is 0 Å².